The number of carbonyl (C=O) groups excluding carboxylic acids is 2. The first-order valence-electron chi connectivity index (χ1n) is 12.0. The highest BCUT2D eigenvalue weighted by atomic mass is 31.2. The molecule has 1 aromatic heterocycles. The van der Waals surface area contributed by atoms with Crippen molar-refractivity contribution in [3.63, 3.8) is 0 Å². The van der Waals surface area contributed by atoms with Crippen molar-refractivity contribution in [2.24, 2.45) is 10.8 Å². The number of rotatable bonds is 10. The average molecular weight is 604 g/mol. The van der Waals surface area contributed by atoms with Crippen LogP contribution in [0.25, 0.3) is 0 Å². The fourth-order valence-corrected chi connectivity index (χ4v) is 3.71. The average Bonchev–Trinajstić information content (AvgIpc) is 3.32. The van der Waals surface area contributed by atoms with Crippen LogP contribution in [0.2, 0.25) is 0 Å². The van der Waals surface area contributed by atoms with Crippen molar-refractivity contribution in [3.8, 4) is 0 Å². The smallest absolute Gasteiger partial charge is 0.433 e. The van der Waals surface area contributed by atoms with Crippen LogP contribution in [-0.2, 0) is 37.4 Å². The number of hydrogen-bond acceptors (Lipinski definition) is 13. The van der Waals surface area contributed by atoms with Gasteiger partial charge in [-0.05, 0) is 54.4 Å². The molecule has 2 atom stereocenters. The molecule has 2 unspecified atom stereocenters. The SMILES string of the molecule is CC(C)(C)C(=O)OCO[P+](O)(OCOC(=O)C(C)(C)C)OCC1CCC(n2c(F)cc(=O)[nH]c2=O)O1.CO.CO. The third-order valence-electron chi connectivity index (χ3n) is 4.76. The van der Waals surface area contributed by atoms with Crippen molar-refractivity contribution >= 4 is 20.1 Å². The van der Waals surface area contributed by atoms with Crippen molar-refractivity contribution in [1.82, 2.24) is 9.55 Å². The Balaban J connectivity index is 0.00000363. The van der Waals surface area contributed by atoms with Crippen molar-refractivity contribution in [3.05, 3.63) is 32.9 Å². The highest BCUT2D eigenvalue weighted by Gasteiger charge is 2.48. The Kier molecular flexibility index (Phi) is 15.9. The van der Waals surface area contributed by atoms with E-state index in [1.165, 1.54) is 0 Å². The zero-order valence-corrected chi connectivity index (χ0v) is 24.9. The van der Waals surface area contributed by atoms with E-state index < -0.39 is 74.1 Å². The molecule has 17 heteroatoms. The van der Waals surface area contributed by atoms with E-state index in [1.807, 2.05) is 4.98 Å². The highest BCUT2D eigenvalue weighted by molar-refractivity contribution is 7.55. The molecule has 0 aromatic carbocycles. The summed E-state index contributed by atoms with van der Waals surface area (Å²) in [5, 5.41) is 14.0. The van der Waals surface area contributed by atoms with Gasteiger partial charge in [-0.15, -0.1) is 9.05 Å². The number of esters is 2. The van der Waals surface area contributed by atoms with Crippen LogP contribution in [0.15, 0.2) is 15.7 Å². The molecule has 1 fully saturated rings. The molecular weight excluding hydrogens is 562 g/mol. The van der Waals surface area contributed by atoms with Crippen LogP contribution < -0.4 is 11.2 Å². The van der Waals surface area contributed by atoms with E-state index in [1.54, 1.807) is 41.5 Å². The summed E-state index contributed by atoms with van der Waals surface area (Å²) in [6, 6.07) is 0.623. The predicted molar refractivity (Wildman–Crippen MR) is 139 cm³/mol. The fourth-order valence-electron chi connectivity index (χ4n) is 2.76. The van der Waals surface area contributed by atoms with Crippen LogP contribution in [0, 0.1) is 16.8 Å². The predicted octanol–water partition coefficient (Wildman–Crippen LogP) is 1.38. The maximum atomic E-state index is 14.1. The number of H-pyrrole nitrogens is 1. The van der Waals surface area contributed by atoms with Crippen molar-refractivity contribution in [1.29, 1.82) is 0 Å². The first-order valence-corrected chi connectivity index (χ1v) is 13.5. The molecule has 1 aromatic rings. The van der Waals surface area contributed by atoms with Gasteiger partial charge in [-0.1, -0.05) is 0 Å². The first-order chi connectivity index (χ1) is 18.5. The molecule has 2 heterocycles. The summed E-state index contributed by atoms with van der Waals surface area (Å²) in [6.07, 6.45) is -1.23. The van der Waals surface area contributed by atoms with E-state index in [0.29, 0.717) is 17.1 Å². The Hall–Kier alpha value is -2.30. The molecule has 1 aliphatic rings. The van der Waals surface area contributed by atoms with Crippen molar-refractivity contribution in [2.75, 3.05) is 34.4 Å². The number of aromatic amines is 1. The largest absolute Gasteiger partial charge is 0.579 e. The molecule has 0 spiro atoms. The lowest BCUT2D eigenvalue weighted by atomic mass is 9.98. The van der Waals surface area contributed by atoms with Gasteiger partial charge in [0.05, 0.1) is 23.0 Å². The summed E-state index contributed by atoms with van der Waals surface area (Å²) in [4.78, 5) is 59.8. The second-order valence-corrected chi connectivity index (χ2v) is 11.8. The quantitative estimate of drug-likeness (QED) is 0.129. The standard InChI is InChI=1S/C21H32FN2O11P.2CH4O/c1-20(2,3)17(26)30-11-33-36(29,34-12-31-18(27)21(4,5)6)32-10-13-7-8-16(35-13)24-14(22)9-15(25)23-19(24)28;2*1-2/h9,13,16,29H,7-8,10-12H2,1-6H3;2*2H,1H3/p+1. The zero-order chi connectivity index (χ0) is 31.3. The molecule has 40 heavy (non-hydrogen) atoms. The summed E-state index contributed by atoms with van der Waals surface area (Å²) in [7, 11) is -2.18. The Morgan fingerprint density at radius 2 is 1.45 bits per heavy atom. The number of aromatic nitrogens is 2. The monoisotopic (exact) mass is 603 g/mol. The lowest BCUT2D eigenvalue weighted by molar-refractivity contribution is -0.165. The van der Waals surface area contributed by atoms with E-state index in [0.717, 1.165) is 14.2 Å². The van der Waals surface area contributed by atoms with Crippen LogP contribution in [0.5, 0.6) is 0 Å². The van der Waals surface area contributed by atoms with E-state index in [9.17, 15) is 28.5 Å². The van der Waals surface area contributed by atoms with E-state index in [-0.39, 0.29) is 13.0 Å². The molecule has 1 saturated heterocycles. The van der Waals surface area contributed by atoms with Crippen molar-refractivity contribution in [2.45, 2.75) is 66.7 Å². The number of ether oxygens (including phenoxy) is 3. The molecule has 0 bridgehead atoms. The van der Waals surface area contributed by atoms with Crippen LogP contribution in [-0.4, -0.2) is 77.1 Å². The van der Waals surface area contributed by atoms with Gasteiger partial charge in [-0.2, -0.15) is 13.8 Å². The molecule has 0 amide bonds. The third-order valence-corrected chi connectivity index (χ3v) is 6.10. The van der Waals surface area contributed by atoms with E-state index >= 15 is 0 Å². The van der Waals surface area contributed by atoms with Gasteiger partial charge in [0.1, 0.15) is 12.8 Å². The minimum absolute atomic E-state index is 0.210. The van der Waals surface area contributed by atoms with Gasteiger partial charge in [0.2, 0.25) is 19.5 Å². The lowest BCUT2D eigenvalue weighted by Gasteiger charge is -2.20. The number of hydrogen-bond donors (Lipinski definition) is 4. The van der Waals surface area contributed by atoms with Gasteiger partial charge in [0.25, 0.3) is 5.56 Å². The summed E-state index contributed by atoms with van der Waals surface area (Å²) >= 11 is 0. The van der Waals surface area contributed by atoms with Crippen LogP contribution in [0.1, 0.15) is 60.6 Å². The fraction of sp³-hybridized carbons (Fsp3) is 0.739. The summed E-state index contributed by atoms with van der Waals surface area (Å²) in [5.74, 6) is -2.28. The maximum absolute atomic E-state index is 14.1. The molecule has 232 valence electrons. The Labute approximate surface area is 231 Å². The van der Waals surface area contributed by atoms with Gasteiger partial charge < -0.3 is 24.4 Å². The maximum Gasteiger partial charge on any atom is 0.579 e. The van der Waals surface area contributed by atoms with Gasteiger partial charge in [-0.25, -0.2) is 9.36 Å². The molecule has 15 nitrogen and oxygen atoms in total. The molecule has 0 saturated carbocycles. The van der Waals surface area contributed by atoms with Crippen LogP contribution in [0.4, 0.5) is 4.39 Å². The summed E-state index contributed by atoms with van der Waals surface area (Å²) in [5.41, 5.74) is -3.50. The van der Waals surface area contributed by atoms with Gasteiger partial charge >= 0.3 is 25.8 Å². The van der Waals surface area contributed by atoms with Crippen LogP contribution in [0.3, 0.4) is 0 Å². The number of aliphatic hydroxyl groups excluding tert-OH is 2. The Bertz CT molecular complexity index is 1020. The normalized spacial score (nSPS) is 17.2. The Morgan fingerprint density at radius 3 is 1.88 bits per heavy atom. The highest BCUT2D eigenvalue weighted by Crippen LogP contribution is 2.58. The van der Waals surface area contributed by atoms with Gasteiger partial charge in [0, 0.05) is 14.2 Å². The van der Waals surface area contributed by atoms with E-state index in [4.69, 9.17) is 38.0 Å². The molecule has 1 aliphatic heterocycles. The first kappa shape index (κ1) is 37.7. The van der Waals surface area contributed by atoms with Crippen LogP contribution >= 0.6 is 8.17 Å². The molecule has 0 radical (unpaired) electrons. The molecule has 4 N–H and O–H groups in total. The number of aliphatic hydroxyl groups is 2. The topological polar surface area (TPSA) is 205 Å². The number of halogens is 1. The van der Waals surface area contributed by atoms with E-state index in [2.05, 4.69) is 0 Å². The number of nitrogens with zero attached hydrogens (tertiary/aromatic N) is 1. The molecular formula is C23H41FN2O13P+. The number of nitrogens with one attached hydrogen (secondary N) is 1. The molecule has 2 rings (SSSR count). The lowest BCUT2D eigenvalue weighted by Crippen LogP contribution is -2.34. The summed E-state index contributed by atoms with van der Waals surface area (Å²) < 4.78 is 46.0. The summed E-state index contributed by atoms with van der Waals surface area (Å²) in [6.45, 7) is 8.01. The second-order valence-electron chi connectivity index (χ2n) is 10.0. The second kappa shape index (κ2) is 16.8. The zero-order valence-electron chi connectivity index (χ0n) is 24.0. The molecule has 0 aliphatic carbocycles. The van der Waals surface area contributed by atoms with Gasteiger partial charge in [0.15, 0.2) is 0 Å². The Morgan fingerprint density at radius 1 is 0.975 bits per heavy atom. The van der Waals surface area contributed by atoms with Gasteiger partial charge in [-0.3, -0.25) is 19.4 Å². The minimum atomic E-state index is -4.18. The third kappa shape index (κ3) is 12.5. The number of carbonyl (C=O) groups is 2. The van der Waals surface area contributed by atoms with Crippen molar-refractivity contribution < 1.29 is 56.9 Å². The minimum Gasteiger partial charge on any atom is -0.433 e.